The van der Waals surface area contributed by atoms with Crippen LogP contribution in [-0.2, 0) is 11.3 Å². The zero-order valence-corrected chi connectivity index (χ0v) is 13.7. The molecule has 114 valence electrons. The standard InChI is InChI=1S/C17H23NO2S/c1-17(2,3)21-13-16(20)18-12-15-9-7-14(8-10-15)6-4-5-11-19/h7-10,19H,5,11-13H2,1-3H3,(H,18,20). The first kappa shape index (κ1) is 17.6. The average Bonchev–Trinajstić information content (AvgIpc) is 2.44. The van der Waals surface area contributed by atoms with Crippen molar-refractivity contribution in [1.82, 2.24) is 5.32 Å². The maximum Gasteiger partial charge on any atom is 0.230 e. The van der Waals surface area contributed by atoms with Crippen molar-refractivity contribution in [3.05, 3.63) is 35.4 Å². The van der Waals surface area contributed by atoms with Gasteiger partial charge < -0.3 is 10.4 Å². The van der Waals surface area contributed by atoms with E-state index in [2.05, 4.69) is 37.9 Å². The second-order valence-electron chi connectivity index (χ2n) is 5.65. The van der Waals surface area contributed by atoms with Crippen molar-refractivity contribution in [2.75, 3.05) is 12.4 Å². The van der Waals surface area contributed by atoms with Gasteiger partial charge in [-0.3, -0.25) is 4.79 Å². The molecule has 0 aliphatic heterocycles. The Bertz CT molecular complexity index is 506. The fourth-order valence-electron chi connectivity index (χ4n) is 1.46. The van der Waals surface area contributed by atoms with Crippen LogP contribution in [0.3, 0.4) is 0 Å². The minimum Gasteiger partial charge on any atom is -0.395 e. The maximum atomic E-state index is 11.7. The predicted molar refractivity (Wildman–Crippen MR) is 89.1 cm³/mol. The zero-order chi connectivity index (χ0) is 15.7. The monoisotopic (exact) mass is 305 g/mol. The first-order chi connectivity index (χ1) is 9.90. The molecule has 1 amide bonds. The van der Waals surface area contributed by atoms with Crippen LogP contribution in [0.25, 0.3) is 0 Å². The Balaban J connectivity index is 2.39. The van der Waals surface area contributed by atoms with E-state index in [1.54, 1.807) is 11.8 Å². The number of thioether (sulfide) groups is 1. The van der Waals surface area contributed by atoms with Gasteiger partial charge in [0.25, 0.3) is 0 Å². The van der Waals surface area contributed by atoms with Crippen molar-refractivity contribution in [3.63, 3.8) is 0 Å². The van der Waals surface area contributed by atoms with E-state index in [4.69, 9.17) is 5.11 Å². The Labute approximate surface area is 131 Å². The first-order valence-corrected chi connectivity index (χ1v) is 7.98. The lowest BCUT2D eigenvalue weighted by Crippen LogP contribution is -2.26. The van der Waals surface area contributed by atoms with Crippen LogP contribution in [0.2, 0.25) is 0 Å². The Morgan fingerprint density at radius 3 is 2.52 bits per heavy atom. The Hall–Kier alpha value is -1.44. The summed E-state index contributed by atoms with van der Waals surface area (Å²) in [5.41, 5.74) is 1.97. The van der Waals surface area contributed by atoms with E-state index in [1.807, 2.05) is 24.3 Å². The minimum absolute atomic E-state index is 0.0572. The number of nitrogens with one attached hydrogen (secondary N) is 1. The lowest BCUT2D eigenvalue weighted by atomic mass is 10.1. The smallest absolute Gasteiger partial charge is 0.230 e. The Morgan fingerprint density at radius 1 is 1.29 bits per heavy atom. The number of carbonyl (C=O) groups is 1. The summed E-state index contributed by atoms with van der Waals surface area (Å²) < 4.78 is 0.103. The summed E-state index contributed by atoms with van der Waals surface area (Å²) in [4.78, 5) is 11.7. The van der Waals surface area contributed by atoms with Gasteiger partial charge in [-0.05, 0) is 17.7 Å². The lowest BCUT2D eigenvalue weighted by Gasteiger charge is -2.16. The minimum atomic E-state index is 0.0572. The molecule has 0 aromatic heterocycles. The number of rotatable bonds is 5. The molecule has 0 saturated carbocycles. The molecule has 2 N–H and O–H groups in total. The van der Waals surface area contributed by atoms with Crippen molar-refractivity contribution in [3.8, 4) is 11.8 Å². The van der Waals surface area contributed by atoms with Crippen LogP contribution in [0, 0.1) is 11.8 Å². The molecule has 0 radical (unpaired) electrons. The van der Waals surface area contributed by atoms with E-state index in [9.17, 15) is 4.79 Å². The average molecular weight is 305 g/mol. The molecule has 1 aromatic rings. The fourth-order valence-corrected chi connectivity index (χ4v) is 2.13. The van der Waals surface area contributed by atoms with Crippen LogP contribution >= 0.6 is 11.8 Å². The van der Waals surface area contributed by atoms with Gasteiger partial charge >= 0.3 is 0 Å². The number of hydrogen-bond acceptors (Lipinski definition) is 3. The Morgan fingerprint density at radius 2 is 1.95 bits per heavy atom. The summed E-state index contributed by atoms with van der Waals surface area (Å²) in [6, 6.07) is 7.77. The maximum absolute atomic E-state index is 11.7. The molecule has 0 atom stereocenters. The van der Waals surface area contributed by atoms with Gasteiger partial charge in [-0.1, -0.05) is 44.7 Å². The lowest BCUT2D eigenvalue weighted by molar-refractivity contribution is -0.118. The van der Waals surface area contributed by atoms with Gasteiger partial charge in [-0.2, -0.15) is 0 Å². The first-order valence-electron chi connectivity index (χ1n) is 7.00. The number of hydrogen-bond donors (Lipinski definition) is 2. The third-order valence-electron chi connectivity index (χ3n) is 2.55. The Kier molecular flexibility index (Phi) is 7.35. The highest BCUT2D eigenvalue weighted by atomic mass is 32.2. The fraction of sp³-hybridized carbons (Fsp3) is 0.471. The SMILES string of the molecule is CC(C)(C)SCC(=O)NCc1ccc(C#CCCO)cc1. The van der Waals surface area contributed by atoms with Gasteiger partial charge in [0, 0.05) is 23.3 Å². The summed E-state index contributed by atoms with van der Waals surface area (Å²) in [5.74, 6) is 6.39. The van der Waals surface area contributed by atoms with Crippen molar-refractivity contribution >= 4 is 17.7 Å². The molecule has 0 saturated heterocycles. The highest BCUT2D eigenvalue weighted by Crippen LogP contribution is 2.22. The molecule has 0 unspecified atom stereocenters. The summed E-state index contributed by atoms with van der Waals surface area (Å²) in [5, 5.41) is 11.6. The van der Waals surface area contributed by atoms with Crippen LogP contribution < -0.4 is 5.32 Å². The highest BCUT2D eigenvalue weighted by molar-refractivity contribution is 8.01. The third-order valence-corrected chi connectivity index (χ3v) is 3.82. The molecule has 21 heavy (non-hydrogen) atoms. The summed E-state index contributed by atoms with van der Waals surface area (Å²) in [6.07, 6.45) is 0.489. The molecule has 0 fully saturated rings. The van der Waals surface area contributed by atoms with E-state index in [1.165, 1.54) is 0 Å². The van der Waals surface area contributed by atoms with Gasteiger partial charge in [0.15, 0.2) is 0 Å². The van der Waals surface area contributed by atoms with E-state index >= 15 is 0 Å². The van der Waals surface area contributed by atoms with E-state index < -0.39 is 0 Å². The van der Waals surface area contributed by atoms with E-state index in [0.29, 0.717) is 18.7 Å². The summed E-state index contributed by atoms with van der Waals surface area (Å²) in [7, 11) is 0. The molecule has 1 aromatic carbocycles. The molecule has 0 aliphatic carbocycles. The van der Waals surface area contributed by atoms with E-state index in [-0.39, 0.29) is 17.3 Å². The number of aliphatic hydroxyl groups is 1. The quantitative estimate of drug-likeness (QED) is 0.822. The summed E-state index contributed by atoms with van der Waals surface area (Å²) in [6.45, 7) is 6.92. The van der Waals surface area contributed by atoms with Crippen LogP contribution in [0.1, 0.15) is 38.3 Å². The van der Waals surface area contributed by atoms with E-state index in [0.717, 1.165) is 11.1 Å². The van der Waals surface area contributed by atoms with Crippen molar-refractivity contribution in [2.24, 2.45) is 0 Å². The molecular formula is C17H23NO2S. The van der Waals surface area contributed by atoms with Gasteiger partial charge in [-0.15, -0.1) is 11.8 Å². The van der Waals surface area contributed by atoms with Crippen LogP contribution in [-0.4, -0.2) is 28.1 Å². The number of amides is 1. The van der Waals surface area contributed by atoms with Crippen molar-refractivity contribution < 1.29 is 9.90 Å². The van der Waals surface area contributed by atoms with Crippen LogP contribution in [0.15, 0.2) is 24.3 Å². The molecule has 1 rings (SSSR count). The van der Waals surface area contributed by atoms with Crippen LogP contribution in [0.5, 0.6) is 0 Å². The van der Waals surface area contributed by atoms with Gasteiger partial charge in [0.2, 0.25) is 5.91 Å². The third kappa shape index (κ3) is 8.44. The normalized spacial score (nSPS) is 10.7. The zero-order valence-electron chi connectivity index (χ0n) is 12.9. The molecule has 4 heteroatoms. The summed E-state index contributed by atoms with van der Waals surface area (Å²) >= 11 is 1.64. The van der Waals surface area contributed by atoms with Crippen molar-refractivity contribution in [1.29, 1.82) is 0 Å². The highest BCUT2D eigenvalue weighted by Gasteiger charge is 2.12. The number of carbonyl (C=O) groups excluding carboxylic acids is 1. The van der Waals surface area contributed by atoms with Crippen molar-refractivity contribution in [2.45, 2.75) is 38.5 Å². The number of benzene rings is 1. The molecule has 0 heterocycles. The topological polar surface area (TPSA) is 49.3 Å². The largest absolute Gasteiger partial charge is 0.395 e. The van der Waals surface area contributed by atoms with Gasteiger partial charge in [-0.25, -0.2) is 0 Å². The van der Waals surface area contributed by atoms with Gasteiger partial charge in [0.1, 0.15) is 0 Å². The second kappa shape index (κ2) is 8.76. The molecule has 0 bridgehead atoms. The molecular weight excluding hydrogens is 282 g/mol. The predicted octanol–water partition coefficient (Wildman–Crippen LogP) is 2.57. The van der Waals surface area contributed by atoms with Gasteiger partial charge in [0.05, 0.1) is 12.4 Å². The number of aliphatic hydroxyl groups excluding tert-OH is 1. The molecule has 3 nitrogen and oxygen atoms in total. The molecule has 0 spiro atoms. The molecule has 0 aliphatic rings. The second-order valence-corrected chi connectivity index (χ2v) is 7.45. The van der Waals surface area contributed by atoms with Crippen LogP contribution in [0.4, 0.5) is 0 Å².